The molecule has 1 N–H and O–H groups in total. The Hall–Kier alpha value is -1.96. The van der Waals surface area contributed by atoms with Gasteiger partial charge in [-0.05, 0) is 61.6 Å². The number of rotatable bonds is 4. The third kappa shape index (κ3) is 4.48. The Morgan fingerprint density at radius 1 is 1.30 bits per heavy atom. The molecular weight excluding hydrogens is 386 g/mol. The van der Waals surface area contributed by atoms with Crippen LogP contribution in [0.25, 0.3) is 0 Å². The van der Waals surface area contributed by atoms with Crippen molar-refractivity contribution >= 4 is 33.3 Å². The predicted octanol–water partition coefficient (Wildman–Crippen LogP) is 3.72. The first-order chi connectivity index (χ1) is 12.8. The minimum Gasteiger partial charge on any atom is -0.307 e. The van der Waals surface area contributed by atoms with Gasteiger partial charge in [-0.15, -0.1) is 0 Å². The van der Waals surface area contributed by atoms with Crippen molar-refractivity contribution in [3.05, 3.63) is 52.7 Å². The average molecular weight is 408 g/mol. The van der Waals surface area contributed by atoms with E-state index in [1.165, 1.54) is 22.5 Å². The number of piperidine rings is 1. The molecule has 1 unspecified atom stereocenters. The van der Waals surface area contributed by atoms with Crippen molar-refractivity contribution in [2.45, 2.75) is 31.6 Å². The van der Waals surface area contributed by atoms with Gasteiger partial charge in [-0.25, -0.2) is 13.4 Å². The van der Waals surface area contributed by atoms with Crippen LogP contribution in [0.15, 0.2) is 41.4 Å². The lowest BCUT2D eigenvalue weighted by Crippen LogP contribution is -2.39. The maximum absolute atomic E-state index is 13.0. The van der Waals surface area contributed by atoms with E-state index in [2.05, 4.69) is 10.3 Å². The van der Waals surface area contributed by atoms with E-state index in [1.54, 1.807) is 12.3 Å². The maximum Gasteiger partial charge on any atom is 0.256 e. The molecule has 6 nitrogen and oxygen atoms in total. The van der Waals surface area contributed by atoms with Crippen molar-refractivity contribution in [3.8, 4) is 0 Å². The van der Waals surface area contributed by atoms with E-state index >= 15 is 0 Å². The molecule has 3 rings (SSSR count). The van der Waals surface area contributed by atoms with Crippen molar-refractivity contribution in [1.29, 1.82) is 0 Å². The van der Waals surface area contributed by atoms with Crippen LogP contribution in [0, 0.1) is 12.8 Å². The SMILES string of the molecule is Cc1ccnc(NC(=O)c2ccc(Cl)c(S(=O)(=O)N3CCCC(C)C3)c2)c1. The van der Waals surface area contributed by atoms with E-state index in [9.17, 15) is 13.2 Å². The van der Waals surface area contributed by atoms with E-state index in [4.69, 9.17) is 11.6 Å². The quantitative estimate of drug-likeness (QED) is 0.837. The number of carbonyl (C=O) groups is 1. The Bertz CT molecular complexity index is 962. The molecule has 2 heterocycles. The van der Waals surface area contributed by atoms with Crippen LogP contribution in [0.4, 0.5) is 5.82 Å². The number of hydrogen-bond donors (Lipinski definition) is 1. The van der Waals surface area contributed by atoms with Crippen molar-refractivity contribution in [3.63, 3.8) is 0 Å². The number of sulfonamides is 1. The number of anilines is 1. The first-order valence-corrected chi connectivity index (χ1v) is 10.6. The Morgan fingerprint density at radius 3 is 2.78 bits per heavy atom. The minimum atomic E-state index is -3.76. The third-order valence-electron chi connectivity index (χ3n) is 4.59. The van der Waals surface area contributed by atoms with Crippen LogP contribution in [-0.2, 0) is 10.0 Å². The highest BCUT2D eigenvalue weighted by molar-refractivity contribution is 7.89. The van der Waals surface area contributed by atoms with Crippen molar-refractivity contribution in [2.75, 3.05) is 18.4 Å². The summed E-state index contributed by atoms with van der Waals surface area (Å²) in [6, 6.07) is 7.84. The molecular formula is C19H22ClN3O3S. The van der Waals surface area contributed by atoms with Gasteiger partial charge in [0, 0.05) is 24.8 Å². The largest absolute Gasteiger partial charge is 0.307 e. The summed E-state index contributed by atoms with van der Waals surface area (Å²) in [5.74, 6) is 0.267. The average Bonchev–Trinajstić information content (AvgIpc) is 2.62. The van der Waals surface area contributed by atoms with Crippen LogP contribution in [0.3, 0.4) is 0 Å². The predicted molar refractivity (Wildman–Crippen MR) is 106 cm³/mol. The summed E-state index contributed by atoms with van der Waals surface area (Å²) < 4.78 is 27.5. The smallest absolute Gasteiger partial charge is 0.256 e. The second-order valence-electron chi connectivity index (χ2n) is 6.93. The monoisotopic (exact) mass is 407 g/mol. The molecule has 1 atom stereocenters. The van der Waals surface area contributed by atoms with Gasteiger partial charge in [-0.2, -0.15) is 4.31 Å². The number of aryl methyl sites for hydroxylation is 1. The lowest BCUT2D eigenvalue weighted by Gasteiger charge is -2.30. The lowest BCUT2D eigenvalue weighted by atomic mass is 10.0. The zero-order chi connectivity index (χ0) is 19.6. The Kier molecular flexibility index (Phi) is 5.83. The third-order valence-corrected chi connectivity index (χ3v) is 6.93. The first-order valence-electron chi connectivity index (χ1n) is 8.81. The van der Waals surface area contributed by atoms with E-state index in [1.807, 2.05) is 19.9 Å². The van der Waals surface area contributed by atoms with Gasteiger partial charge in [0.15, 0.2) is 0 Å². The van der Waals surface area contributed by atoms with Gasteiger partial charge in [0.1, 0.15) is 10.7 Å². The summed E-state index contributed by atoms with van der Waals surface area (Å²) in [5.41, 5.74) is 1.17. The number of carbonyl (C=O) groups excluding carboxylic acids is 1. The highest BCUT2D eigenvalue weighted by atomic mass is 35.5. The fraction of sp³-hybridized carbons (Fsp3) is 0.368. The number of amides is 1. The molecule has 0 saturated carbocycles. The Balaban J connectivity index is 1.88. The van der Waals surface area contributed by atoms with Crippen LogP contribution in [0.5, 0.6) is 0 Å². The van der Waals surface area contributed by atoms with Gasteiger partial charge >= 0.3 is 0 Å². The maximum atomic E-state index is 13.0. The second kappa shape index (κ2) is 7.96. The number of halogens is 1. The van der Waals surface area contributed by atoms with Crippen molar-refractivity contribution in [1.82, 2.24) is 9.29 Å². The highest BCUT2D eigenvalue weighted by Gasteiger charge is 2.30. The van der Waals surface area contributed by atoms with E-state index < -0.39 is 15.9 Å². The molecule has 1 aromatic carbocycles. The van der Waals surface area contributed by atoms with Crippen LogP contribution < -0.4 is 5.32 Å². The highest BCUT2D eigenvalue weighted by Crippen LogP contribution is 2.29. The second-order valence-corrected chi connectivity index (χ2v) is 9.24. The topological polar surface area (TPSA) is 79.4 Å². The van der Waals surface area contributed by atoms with Gasteiger partial charge in [0.25, 0.3) is 5.91 Å². The van der Waals surface area contributed by atoms with Gasteiger partial charge in [-0.1, -0.05) is 18.5 Å². The van der Waals surface area contributed by atoms with Crippen LogP contribution in [0.2, 0.25) is 5.02 Å². The summed E-state index contributed by atoms with van der Waals surface area (Å²) in [6.45, 7) is 4.85. The van der Waals surface area contributed by atoms with Crippen molar-refractivity contribution in [2.24, 2.45) is 5.92 Å². The Morgan fingerprint density at radius 2 is 2.07 bits per heavy atom. The zero-order valence-corrected chi connectivity index (χ0v) is 16.8. The fourth-order valence-corrected chi connectivity index (χ4v) is 5.24. The number of hydrogen-bond acceptors (Lipinski definition) is 4. The molecule has 144 valence electrons. The number of aromatic nitrogens is 1. The molecule has 0 radical (unpaired) electrons. The molecule has 0 spiro atoms. The van der Waals surface area contributed by atoms with Crippen molar-refractivity contribution < 1.29 is 13.2 Å². The molecule has 1 fully saturated rings. The number of nitrogens with one attached hydrogen (secondary N) is 1. The van der Waals surface area contributed by atoms with Gasteiger partial charge < -0.3 is 5.32 Å². The molecule has 27 heavy (non-hydrogen) atoms. The molecule has 1 saturated heterocycles. The molecule has 1 aliphatic rings. The molecule has 1 aliphatic heterocycles. The minimum absolute atomic E-state index is 0.0388. The zero-order valence-electron chi connectivity index (χ0n) is 15.3. The molecule has 2 aromatic rings. The number of pyridine rings is 1. The van der Waals surface area contributed by atoms with Gasteiger partial charge in [0.05, 0.1) is 5.02 Å². The van der Waals surface area contributed by atoms with Crippen LogP contribution >= 0.6 is 11.6 Å². The standard InChI is InChI=1S/C19H22ClN3O3S/c1-13-7-8-21-18(10-13)22-19(24)15-5-6-16(20)17(11-15)27(25,26)23-9-3-4-14(2)12-23/h5-8,10-11,14H,3-4,9,12H2,1-2H3,(H,21,22,24). The molecule has 0 bridgehead atoms. The normalized spacial score (nSPS) is 18.3. The summed E-state index contributed by atoms with van der Waals surface area (Å²) in [5, 5.41) is 2.79. The molecule has 8 heteroatoms. The molecule has 1 amide bonds. The summed E-state index contributed by atoms with van der Waals surface area (Å²) >= 11 is 6.17. The fourth-order valence-electron chi connectivity index (χ4n) is 3.14. The number of benzene rings is 1. The summed E-state index contributed by atoms with van der Waals surface area (Å²) in [6.07, 6.45) is 3.42. The first kappa shape index (κ1) is 19.8. The Labute approximate surface area is 164 Å². The lowest BCUT2D eigenvalue weighted by molar-refractivity contribution is 0.102. The van der Waals surface area contributed by atoms with Gasteiger partial charge in [0.2, 0.25) is 10.0 Å². The molecule has 0 aliphatic carbocycles. The summed E-state index contributed by atoms with van der Waals surface area (Å²) in [4.78, 5) is 16.6. The van der Waals surface area contributed by atoms with E-state index in [0.717, 1.165) is 18.4 Å². The summed E-state index contributed by atoms with van der Waals surface area (Å²) in [7, 11) is -3.76. The van der Waals surface area contributed by atoms with Crippen LogP contribution in [0.1, 0.15) is 35.7 Å². The van der Waals surface area contributed by atoms with E-state index in [0.29, 0.717) is 24.8 Å². The van der Waals surface area contributed by atoms with Crippen LogP contribution in [-0.4, -0.2) is 36.7 Å². The molecule has 1 aromatic heterocycles. The van der Waals surface area contributed by atoms with E-state index in [-0.39, 0.29) is 15.5 Å². The van der Waals surface area contributed by atoms with Gasteiger partial charge in [-0.3, -0.25) is 4.79 Å². The number of nitrogens with zero attached hydrogens (tertiary/aromatic N) is 2.